The summed E-state index contributed by atoms with van der Waals surface area (Å²) in [6, 6.07) is 0. The maximum absolute atomic E-state index is 6.69. The Morgan fingerprint density at radius 2 is 1.00 bits per heavy atom. The first-order chi connectivity index (χ1) is 14.1. The fourth-order valence-corrected chi connectivity index (χ4v) is 8.73. The highest BCUT2D eigenvalue weighted by Crippen LogP contribution is 2.52. The Kier molecular flexibility index (Phi) is 6.66. The summed E-state index contributed by atoms with van der Waals surface area (Å²) in [5.41, 5.74) is 0. The van der Waals surface area contributed by atoms with Crippen LogP contribution < -0.4 is 0 Å². The molecule has 0 radical (unpaired) electrons. The van der Waals surface area contributed by atoms with E-state index in [-0.39, 0.29) is 0 Å². The molecule has 0 heterocycles. The second-order valence-corrected chi connectivity index (χ2v) is 21.4. The number of allylic oxidation sites excluding steroid dienone is 4. The first kappa shape index (κ1) is 22.7. The molecular formula is C26H46O2Si2. The lowest BCUT2D eigenvalue weighted by atomic mass is 9.72. The lowest BCUT2D eigenvalue weighted by Gasteiger charge is -2.35. The van der Waals surface area contributed by atoms with Gasteiger partial charge in [-0.2, -0.15) is 0 Å². The largest absolute Gasteiger partial charge is 0.547 e. The molecule has 6 unspecified atom stereocenters. The summed E-state index contributed by atoms with van der Waals surface area (Å²) in [4.78, 5) is 0. The van der Waals surface area contributed by atoms with Crippen molar-refractivity contribution in [3.8, 4) is 0 Å². The van der Waals surface area contributed by atoms with Crippen molar-refractivity contribution in [2.24, 2.45) is 35.5 Å². The molecule has 4 aliphatic carbocycles. The summed E-state index contributed by atoms with van der Waals surface area (Å²) in [5, 5.41) is 0. The van der Waals surface area contributed by atoms with Crippen LogP contribution in [-0.2, 0) is 8.85 Å². The predicted octanol–water partition coefficient (Wildman–Crippen LogP) is 8.11. The summed E-state index contributed by atoms with van der Waals surface area (Å²) >= 11 is 0. The quantitative estimate of drug-likeness (QED) is 0.368. The zero-order valence-corrected chi connectivity index (χ0v) is 22.5. The second kappa shape index (κ2) is 8.80. The number of hydrogen-bond acceptors (Lipinski definition) is 2. The van der Waals surface area contributed by atoms with Gasteiger partial charge in [-0.05, 0) is 114 Å². The molecule has 6 atom stereocenters. The number of rotatable bonds is 7. The Bertz CT molecular complexity index is 612. The third-order valence-corrected chi connectivity index (χ3v) is 9.60. The third kappa shape index (κ3) is 5.28. The van der Waals surface area contributed by atoms with Crippen LogP contribution in [0.25, 0.3) is 0 Å². The number of fused-ring (bicyclic) bond motifs is 2. The molecule has 0 aromatic rings. The molecule has 2 fully saturated rings. The summed E-state index contributed by atoms with van der Waals surface area (Å²) in [6.07, 6.45) is 19.0. The first-order valence-corrected chi connectivity index (χ1v) is 19.7. The Morgan fingerprint density at radius 3 is 1.37 bits per heavy atom. The van der Waals surface area contributed by atoms with E-state index < -0.39 is 16.6 Å². The first-order valence-electron chi connectivity index (χ1n) is 12.9. The van der Waals surface area contributed by atoms with Crippen molar-refractivity contribution in [1.82, 2.24) is 0 Å². The van der Waals surface area contributed by atoms with Gasteiger partial charge in [0.2, 0.25) is 16.6 Å². The fourth-order valence-electron chi connectivity index (χ4n) is 6.88. The second-order valence-electron chi connectivity index (χ2n) is 12.6. The van der Waals surface area contributed by atoms with Gasteiger partial charge in [-0.1, -0.05) is 25.7 Å². The minimum Gasteiger partial charge on any atom is -0.547 e. The lowest BCUT2D eigenvalue weighted by molar-refractivity contribution is 0.168. The molecule has 2 saturated carbocycles. The fraction of sp³-hybridized carbons (Fsp3) is 0.846. The van der Waals surface area contributed by atoms with Crippen LogP contribution in [0.1, 0.15) is 64.2 Å². The van der Waals surface area contributed by atoms with E-state index in [1.807, 2.05) is 0 Å². The van der Waals surface area contributed by atoms with E-state index >= 15 is 0 Å². The van der Waals surface area contributed by atoms with Gasteiger partial charge >= 0.3 is 0 Å². The minimum atomic E-state index is -1.56. The smallest absolute Gasteiger partial charge is 0.241 e. The van der Waals surface area contributed by atoms with Crippen molar-refractivity contribution in [2.75, 3.05) is 0 Å². The maximum atomic E-state index is 6.69. The standard InChI is InChI=1S/C26H46O2Si2/c1-29(2,3)27-25-17-19-11-7-9-13-21(19)23(25)15-16-24-22-14-10-8-12-20(22)18-26(24)28-30(4,5)6/h17-24H,7-16H2,1-6H3. The Balaban J connectivity index is 1.49. The summed E-state index contributed by atoms with van der Waals surface area (Å²) in [5.74, 6) is 7.37. The van der Waals surface area contributed by atoms with E-state index in [0.29, 0.717) is 11.8 Å². The maximum Gasteiger partial charge on any atom is 0.241 e. The van der Waals surface area contributed by atoms with Gasteiger partial charge in [0.05, 0.1) is 11.5 Å². The van der Waals surface area contributed by atoms with Crippen molar-refractivity contribution in [1.29, 1.82) is 0 Å². The highest BCUT2D eigenvalue weighted by atomic mass is 28.4. The van der Waals surface area contributed by atoms with E-state index in [4.69, 9.17) is 8.85 Å². The van der Waals surface area contributed by atoms with E-state index in [9.17, 15) is 0 Å². The molecule has 0 aromatic heterocycles. The van der Waals surface area contributed by atoms with Crippen molar-refractivity contribution in [3.63, 3.8) is 0 Å². The molecule has 0 saturated heterocycles. The van der Waals surface area contributed by atoms with Crippen LogP contribution in [0, 0.1) is 35.5 Å². The third-order valence-electron chi connectivity index (χ3n) is 7.91. The average molecular weight is 447 g/mol. The summed E-state index contributed by atoms with van der Waals surface area (Å²) in [7, 11) is -3.12. The van der Waals surface area contributed by atoms with Crippen molar-refractivity contribution < 1.29 is 8.85 Å². The van der Waals surface area contributed by atoms with Crippen LogP contribution in [0.15, 0.2) is 23.7 Å². The van der Waals surface area contributed by atoms with Crippen LogP contribution >= 0.6 is 0 Å². The highest BCUT2D eigenvalue weighted by molar-refractivity contribution is 6.70. The summed E-state index contributed by atoms with van der Waals surface area (Å²) < 4.78 is 13.4. The molecule has 0 aliphatic heterocycles. The SMILES string of the molecule is C[Si](C)(C)OC1=CC2CCCCC2C1CCC1C(O[Si](C)(C)C)=CC2CCCCC21. The monoisotopic (exact) mass is 446 g/mol. The van der Waals surface area contributed by atoms with Gasteiger partial charge in [0.15, 0.2) is 0 Å². The molecule has 4 heteroatoms. The van der Waals surface area contributed by atoms with Gasteiger partial charge in [-0.15, -0.1) is 0 Å². The van der Waals surface area contributed by atoms with Crippen LogP contribution in [0.3, 0.4) is 0 Å². The van der Waals surface area contributed by atoms with Crippen LogP contribution in [0.5, 0.6) is 0 Å². The van der Waals surface area contributed by atoms with Crippen LogP contribution in [0.2, 0.25) is 39.3 Å². The minimum absolute atomic E-state index is 0.665. The molecule has 0 amide bonds. The van der Waals surface area contributed by atoms with Crippen LogP contribution in [0.4, 0.5) is 0 Å². The van der Waals surface area contributed by atoms with Crippen LogP contribution in [-0.4, -0.2) is 16.6 Å². The zero-order chi connectivity index (χ0) is 21.5. The number of hydrogen-bond donors (Lipinski definition) is 0. The van der Waals surface area contributed by atoms with Gasteiger partial charge in [0.25, 0.3) is 0 Å². The molecule has 0 aromatic carbocycles. The molecule has 30 heavy (non-hydrogen) atoms. The van der Waals surface area contributed by atoms with Gasteiger partial charge in [-0.3, -0.25) is 0 Å². The molecule has 0 spiro atoms. The van der Waals surface area contributed by atoms with Gasteiger partial charge in [-0.25, -0.2) is 0 Å². The lowest BCUT2D eigenvalue weighted by Crippen LogP contribution is -2.30. The van der Waals surface area contributed by atoms with Gasteiger partial charge in [0.1, 0.15) is 0 Å². The highest BCUT2D eigenvalue weighted by Gasteiger charge is 2.44. The predicted molar refractivity (Wildman–Crippen MR) is 132 cm³/mol. The molecule has 170 valence electrons. The molecular weight excluding hydrogens is 400 g/mol. The zero-order valence-electron chi connectivity index (χ0n) is 20.5. The molecule has 2 nitrogen and oxygen atoms in total. The van der Waals surface area contributed by atoms with Crippen molar-refractivity contribution >= 4 is 16.6 Å². The van der Waals surface area contributed by atoms with E-state index in [2.05, 4.69) is 51.4 Å². The van der Waals surface area contributed by atoms with E-state index in [1.54, 1.807) is 0 Å². The Hall–Kier alpha value is -0.486. The Labute approximate surface area is 188 Å². The molecule has 4 rings (SSSR count). The van der Waals surface area contributed by atoms with Crippen molar-refractivity contribution in [3.05, 3.63) is 23.7 Å². The molecule has 4 aliphatic rings. The summed E-state index contributed by atoms with van der Waals surface area (Å²) in [6.45, 7) is 14.1. The average Bonchev–Trinajstić information content (AvgIpc) is 3.14. The van der Waals surface area contributed by atoms with E-state index in [1.165, 1.54) is 75.7 Å². The topological polar surface area (TPSA) is 18.5 Å². The van der Waals surface area contributed by atoms with Crippen molar-refractivity contribution in [2.45, 2.75) is 103 Å². The normalized spacial score (nSPS) is 36.6. The Morgan fingerprint density at radius 1 is 0.633 bits per heavy atom. The van der Waals surface area contributed by atoms with Gasteiger partial charge < -0.3 is 8.85 Å². The van der Waals surface area contributed by atoms with E-state index in [0.717, 1.165) is 23.7 Å². The molecule has 0 N–H and O–H groups in total. The molecule has 0 bridgehead atoms. The van der Waals surface area contributed by atoms with Gasteiger partial charge in [0, 0.05) is 11.8 Å².